The number of nitrogens with zero attached hydrogens (tertiary/aromatic N) is 1. The molecule has 2 nitrogen and oxygen atoms in total. The van der Waals surface area contributed by atoms with E-state index >= 15 is 0 Å². The molecule has 0 fully saturated rings. The fraction of sp³-hybridized carbons (Fsp3) is 0.154. The number of halogens is 2. The Morgan fingerprint density at radius 3 is 2.76 bits per heavy atom. The van der Waals surface area contributed by atoms with Crippen LogP contribution in [0.15, 0.2) is 24.3 Å². The third-order valence-corrected chi connectivity index (χ3v) is 3.44. The lowest BCUT2D eigenvalue weighted by Gasteiger charge is -2.02. The zero-order valence-electron chi connectivity index (χ0n) is 9.22. The number of pyridine rings is 2. The third-order valence-electron chi connectivity index (χ3n) is 3.01. The second kappa shape index (κ2) is 3.90. The lowest BCUT2D eigenvalue weighted by Crippen LogP contribution is -1.85. The van der Waals surface area contributed by atoms with Crippen LogP contribution in [0.5, 0.6) is 0 Å². The Kier molecular flexibility index (Phi) is 2.49. The van der Waals surface area contributed by atoms with Gasteiger partial charge in [0, 0.05) is 10.9 Å². The first-order chi connectivity index (χ1) is 8.20. The molecule has 0 saturated heterocycles. The summed E-state index contributed by atoms with van der Waals surface area (Å²) >= 11 is 11.9. The van der Waals surface area contributed by atoms with Gasteiger partial charge in [0.25, 0.3) is 0 Å². The maximum atomic E-state index is 5.99. The third kappa shape index (κ3) is 1.60. The number of hydrogen-bond donors (Lipinski definition) is 1. The van der Waals surface area contributed by atoms with Crippen molar-refractivity contribution in [1.82, 2.24) is 9.97 Å². The van der Waals surface area contributed by atoms with Crippen LogP contribution in [0.25, 0.3) is 22.2 Å². The maximum Gasteiger partial charge on any atom is 0.129 e. The molecule has 1 N–H and O–H groups in total. The van der Waals surface area contributed by atoms with Gasteiger partial charge in [-0.3, -0.25) is 0 Å². The minimum absolute atomic E-state index is 0.500. The van der Waals surface area contributed by atoms with Crippen LogP contribution < -0.4 is 0 Å². The van der Waals surface area contributed by atoms with E-state index in [2.05, 4.69) is 16.9 Å². The molecule has 2 aliphatic rings. The fourth-order valence-electron chi connectivity index (χ4n) is 2.30. The first-order valence-corrected chi connectivity index (χ1v) is 6.21. The SMILES string of the molecule is CCc1c2ccc(Cl)[nH]c-2c2nc(Cl)ccc12. The van der Waals surface area contributed by atoms with Gasteiger partial charge < -0.3 is 4.98 Å². The minimum atomic E-state index is 0.500. The van der Waals surface area contributed by atoms with Crippen LogP contribution in [-0.2, 0) is 6.42 Å². The molecule has 0 spiro atoms. The number of hydrogen-bond acceptors (Lipinski definition) is 1. The van der Waals surface area contributed by atoms with E-state index in [0.29, 0.717) is 10.3 Å². The molecule has 0 bridgehead atoms. The van der Waals surface area contributed by atoms with Gasteiger partial charge in [0.2, 0.25) is 0 Å². The van der Waals surface area contributed by atoms with Crippen LogP contribution in [-0.4, -0.2) is 9.97 Å². The van der Waals surface area contributed by atoms with Gasteiger partial charge in [-0.05, 0) is 36.2 Å². The van der Waals surface area contributed by atoms with Crippen LogP contribution in [0, 0.1) is 0 Å². The van der Waals surface area contributed by atoms with E-state index in [1.165, 1.54) is 11.1 Å². The van der Waals surface area contributed by atoms with Crippen molar-refractivity contribution in [3.8, 4) is 11.3 Å². The van der Waals surface area contributed by atoms with Crippen LogP contribution in [0.4, 0.5) is 0 Å². The number of aromatic amines is 1. The second-order valence-corrected chi connectivity index (χ2v) is 4.75. The molecule has 0 atom stereocenters. The first-order valence-electron chi connectivity index (χ1n) is 5.46. The van der Waals surface area contributed by atoms with Crippen molar-refractivity contribution < 1.29 is 0 Å². The van der Waals surface area contributed by atoms with Gasteiger partial charge in [-0.1, -0.05) is 30.1 Å². The average molecular weight is 265 g/mol. The summed E-state index contributed by atoms with van der Waals surface area (Å²) in [6, 6.07) is 7.74. The van der Waals surface area contributed by atoms with Crippen molar-refractivity contribution in [2.75, 3.05) is 0 Å². The summed E-state index contributed by atoms with van der Waals surface area (Å²) < 4.78 is 0. The Bertz CT molecular complexity index is 673. The predicted molar refractivity (Wildman–Crippen MR) is 72.1 cm³/mol. The molecule has 1 aliphatic carbocycles. The predicted octanol–water partition coefficient (Wildman–Crippen LogP) is 4.54. The second-order valence-electron chi connectivity index (χ2n) is 3.96. The zero-order valence-corrected chi connectivity index (χ0v) is 10.7. The number of nitrogens with one attached hydrogen (secondary N) is 1. The van der Waals surface area contributed by atoms with Crippen molar-refractivity contribution in [3.05, 3.63) is 40.1 Å². The highest BCUT2D eigenvalue weighted by Gasteiger charge is 2.18. The molecule has 1 aromatic rings. The van der Waals surface area contributed by atoms with Gasteiger partial charge in [-0.2, -0.15) is 0 Å². The van der Waals surface area contributed by atoms with Gasteiger partial charge in [-0.15, -0.1) is 0 Å². The monoisotopic (exact) mass is 264 g/mol. The Hall–Kier alpha value is -1.25. The number of aryl methyl sites for hydroxylation is 1. The minimum Gasteiger partial charge on any atom is -0.344 e. The molecule has 3 rings (SSSR count). The topological polar surface area (TPSA) is 28.7 Å². The van der Waals surface area contributed by atoms with E-state index in [1.807, 2.05) is 24.3 Å². The molecule has 2 heterocycles. The highest BCUT2D eigenvalue weighted by Crippen LogP contribution is 2.38. The smallest absolute Gasteiger partial charge is 0.129 e. The standard InChI is InChI=1S/C13H10Cl2N2/c1-2-7-8-3-5-10(14)16-12(8)13-9(7)4-6-11(15)17-13/h3-6,16H,2H2,1H3. The highest BCUT2D eigenvalue weighted by molar-refractivity contribution is 6.30. The van der Waals surface area contributed by atoms with Crippen molar-refractivity contribution >= 4 is 34.1 Å². The van der Waals surface area contributed by atoms with E-state index in [4.69, 9.17) is 23.2 Å². The largest absolute Gasteiger partial charge is 0.344 e. The summed E-state index contributed by atoms with van der Waals surface area (Å²) in [5.41, 5.74) is 4.31. The summed E-state index contributed by atoms with van der Waals surface area (Å²) in [6.07, 6.45) is 0.957. The van der Waals surface area contributed by atoms with Crippen molar-refractivity contribution in [2.24, 2.45) is 0 Å². The normalized spacial score (nSPS) is 11.5. The number of H-pyrrole nitrogens is 1. The first kappa shape index (κ1) is 10.9. The number of aromatic nitrogens is 2. The van der Waals surface area contributed by atoms with E-state index in [-0.39, 0.29) is 0 Å². The Morgan fingerprint density at radius 2 is 2.00 bits per heavy atom. The molecule has 86 valence electrons. The summed E-state index contributed by atoms with van der Waals surface area (Å²) in [7, 11) is 0. The molecular formula is C13H10Cl2N2. The number of rotatable bonds is 1. The molecule has 0 aromatic carbocycles. The molecule has 4 heteroatoms. The maximum absolute atomic E-state index is 5.99. The summed E-state index contributed by atoms with van der Waals surface area (Å²) in [4.78, 5) is 7.55. The van der Waals surface area contributed by atoms with Crippen LogP contribution in [0.2, 0.25) is 10.3 Å². The number of fused-ring (bicyclic) bond motifs is 3. The van der Waals surface area contributed by atoms with Crippen molar-refractivity contribution in [1.29, 1.82) is 0 Å². The van der Waals surface area contributed by atoms with Crippen LogP contribution >= 0.6 is 23.2 Å². The molecule has 0 saturated carbocycles. The Balaban J connectivity index is 2.51. The molecule has 1 aromatic heterocycles. The molecule has 0 unspecified atom stereocenters. The van der Waals surface area contributed by atoms with E-state index < -0.39 is 0 Å². The summed E-state index contributed by atoms with van der Waals surface area (Å²) in [5, 5.41) is 2.25. The lowest BCUT2D eigenvalue weighted by molar-refractivity contribution is 1.16. The quantitative estimate of drug-likeness (QED) is 0.643. The van der Waals surface area contributed by atoms with Crippen molar-refractivity contribution in [2.45, 2.75) is 13.3 Å². The average Bonchev–Trinajstić information content (AvgIpc) is 2.62. The van der Waals surface area contributed by atoms with E-state index in [0.717, 1.165) is 23.0 Å². The van der Waals surface area contributed by atoms with Gasteiger partial charge in [0.1, 0.15) is 10.3 Å². The Morgan fingerprint density at radius 1 is 1.18 bits per heavy atom. The Labute approximate surface area is 109 Å². The molecule has 0 radical (unpaired) electrons. The van der Waals surface area contributed by atoms with Gasteiger partial charge in [-0.25, -0.2) is 4.98 Å². The van der Waals surface area contributed by atoms with Gasteiger partial charge >= 0.3 is 0 Å². The fourth-order valence-corrected chi connectivity index (χ4v) is 2.61. The lowest BCUT2D eigenvalue weighted by atomic mass is 10.1. The summed E-state index contributed by atoms with van der Waals surface area (Å²) in [6.45, 7) is 2.14. The van der Waals surface area contributed by atoms with Gasteiger partial charge in [0.05, 0.1) is 11.2 Å². The molecule has 17 heavy (non-hydrogen) atoms. The van der Waals surface area contributed by atoms with Crippen LogP contribution in [0.1, 0.15) is 12.5 Å². The van der Waals surface area contributed by atoms with Crippen molar-refractivity contribution in [3.63, 3.8) is 0 Å². The van der Waals surface area contributed by atoms with E-state index in [9.17, 15) is 0 Å². The molecule has 0 amide bonds. The van der Waals surface area contributed by atoms with Gasteiger partial charge in [0.15, 0.2) is 0 Å². The molecular weight excluding hydrogens is 255 g/mol. The molecule has 1 aliphatic heterocycles. The van der Waals surface area contributed by atoms with E-state index in [1.54, 1.807) is 0 Å². The summed E-state index contributed by atoms with van der Waals surface area (Å²) in [5.74, 6) is 0. The van der Waals surface area contributed by atoms with Crippen LogP contribution in [0.3, 0.4) is 0 Å². The zero-order chi connectivity index (χ0) is 12.0. The highest BCUT2D eigenvalue weighted by atomic mass is 35.5.